The van der Waals surface area contributed by atoms with Gasteiger partial charge in [0.2, 0.25) is 10.0 Å². The van der Waals surface area contributed by atoms with Gasteiger partial charge in [0.25, 0.3) is 0 Å². The molecule has 2 aromatic carbocycles. The molecule has 6 nitrogen and oxygen atoms in total. The lowest BCUT2D eigenvalue weighted by atomic mass is 10.0. The third-order valence-electron chi connectivity index (χ3n) is 5.73. The highest BCUT2D eigenvalue weighted by Crippen LogP contribution is 2.27. The van der Waals surface area contributed by atoms with E-state index in [1.54, 1.807) is 28.6 Å². The largest absolute Gasteiger partial charge is 0.354 e. The Labute approximate surface area is 198 Å². The Hall–Kier alpha value is -2.29. The number of hydrogen-bond donors (Lipinski definition) is 0. The fourth-order valence-corrected chi connectivity index (χ4v) is 5.76. The number of rotatable bonds is 6. The van der Waals surface area contributed by atoms with Gasteiger partial charge in [-0.1, -0.05) is 53.2 Å². The van der Waals surface area contributed by atoms with Gasteiger partial charge in [-0.05, 0) is 43.2 Å². The van der Waals surface area contributed by atoms with Crippen LogP contribution >= 0.6 is 15.9 Å². The molecule has 1 aliphatic heterocycles. The van der Waals surface area contributed by atoms with Crippen molar-refractivity contribution < 1.29 is 8.42 Å². The molecule has 4 rings (SSSR count). The van der Waals surface area contributed by atoms with Gasteiger partial charge in [-0.15, -0.1) is 0 Å². The highest BCUT2D eigenvalue weighted by molar-refractivity contribution is 9.10. The van der Waals surface area contributed by atoms with E-state index in [-0.39, 0.29) is 0 Å². The zero-order valence-corrected chi connectivity index (χ0v) is 20.7. The van der Waals surface area contributed by atoms with Gasteiger partial charge in [-0.3, -0.25) is 0 Å². The summed E-state index contributed by atoms with van der Waals surface area (Å²) in [5.74, 6) is 1.68. The molecule has 0 radical (unpaired) electrons. The fraction of sp³-hybridized carbons (Fsp3) is 0.333. The van der Waals surface area contributed by atoms with E-state index in [2.05, 4.69) is 39.9 Å². The maximum Gasteiger partial charge on any atom is 0.243 e. The number of aryl methyl sites for hydroxylation is 2. The Morgan fingerprint density at radius 2 is 1.59 bits per heavy atom. The minimum absolute atomic E-state index is 0.324. The van der Waals surface area contributed by atoms with Crippen LogP contribution in [0.1, 0.15) is 29.6 Å². The van der Waals surface area contributed by atoms with Crippen molar-refractivity contribution in [3.8, 4) is 0 Å². The van der Waals surface area contributed by atoms with Crippen LogP contribution in [0.25, 0.3) is 0 Å². The molecule has 0 amide bonds. The van der Waals surface area contributed by atoms with Crippen molar-refractivity contribution in [1.82, 2.24) is 14.3 Å². The van der Waals surface area contributed by atoms with Crippen molar-refractivity contribution in [3.63, 3.8) is 0 Å². The van der Waals surface area contributed by atoms with Crippen molar-refractivity contribution in [2.45, 2.75) is 31.6 Å². The highest BCUT2D eigenvalue weighted by atomic mass is 79.9. The lowest BCUT2D eigenvalue weighted by molar-refractivity contribution is 0.383. The topological polar surface area (TPSA) is 66.4 Å². The van der Waals surface area contributed by atoms with E-state index in [0.717, 1.165) is 40.2 Å². The van der Waals surface area contributed by atoms with Gasteiger partial charge in [0, 0.05) is 48.3 Å². The molecular weight excluding hydrogens is 488 g/mol. The first kappa shape index (κ1) is 22.9. The summed E-state index contributed by atoms with van der Waals surface area (Å²) < 4.78 is 28.6. The second-order valence-corrected chi connectivity index (χ2v) is 10.7. The second kappa shape index (κ2) is 9.68. The normalized spacial score (nSPS) is 15.2. The van der Waals surface area contributed by atoms with Crippen LogP contribution in [0.2, 0.25) is 0 Å². The molecule has 1 fully saturated rings. The number of nitrogens with zero attached hydrogens (tertiary/aromatic N) is 4. The summed E-state index contributed by atoms with van der Waals surface area (Å²) in [7, 11) is -3.51. The number of aromatic nitrogens is 2. The van der Waals surface area contributed by atoms with E-state index in [1.807, 2.05) is 25.1 Å². The molecule has 0 bridgehead atoms. The molecule has 32 heavy (non-hydrogen) atoms. The van der Waals surface area contributed by atoms with E-state index in [1.165, 1.54) is 5.56 Å². The Kier molecular flexibility index (Phi) is 6.93. The van der Waals surface area contributed by atoms with Gasteiger partial charge in [0.15, 0.2) is 0 Å². The standard InChI is InChI=1S/C24H27BrN4O2S/c1-3-23-22(17-19-7-5-4-6-8-19)24(27-18(2)26-23)28-13-15-29(16-14-28)32(30,31)21-11-9-20(25)10-12-21/h4-12H,3,13-17H2,1-2H3. The molecule has 0 saturated carbocycles. The smallest absolute Gasteiger partial charge is 0.243 e. The van der Waals surface area contributed by atoms with Gasteiger partial charge < -0.3 is 4.90 Å². The lowest BCUT2D eigenvalue weighted by Crippen LogP contribution is -2.49. The van der Waals surface area contributed by atoms with Crippen molar-refractivity contribution in [2.75, 3.05) is 31.1 Å². The molecule has 8 heteroatoms. The van der Waals surface area contributed by atoms with Crippen LogP contribution < -0.4 is 4.90 Å². The molecule has 1 aliphatic rings. The number of hydrogen-bond acceptors (Lipinski definition) is 5. The van der Waals surface area contributed by atoms with E-state index >= 15 is 0 Å². The third-order valence-corrected chi connectivity index (χ3v) is 8.17. The van der Waals surface area contributed by atoms with Crippen LogP contribution in [-0.2, 0) is 22.9 Å². The average molecular weight is 515 g/mol. The zero-order chi connectivity index (χ0) is 22.7. The molecule has 0 atom stereocenters. The summed E-state index contributed by atoms with van der Waals surface area (Å²) >= 11 is 3.36. The molecule has 0 N–H and O–H groups in total. The number of benzene rings is 2. The summed E-state index contributed by atoms with van der Waals surface area (Å²) in [5.41, 5.74) is 3.40. The van der Waals surface area contributed by atoms with Gasteiger partial charge in [-0.25, -0.2) is 18.4 Å². The van der Waals surface area contributed by atoms with Crippen molar-refractivity contribution in [3.05, 3.63) is 81.7 Å². The summed E-state index contributed by atoms with van der Waals surface area (Å²) in [6, 6.07) is 17.1. The van der Waals surface area contributed by atoms with E-state index in [4.69, 9.17) is 9.97 Å². The minimum Gasteiger partial charge on any atom is -0.354 e. The molecule has 2 heterocycles. The van der Waals surface area contributed by atoms with Gasteiger partial charge >= 0.3 is 0 Å². The summed E-state index contributed by atoms with van der Waals surface area (Å²) in [5, 5.41) is 0. The maximum atomic E-state index is 13.1. The van der Waals surface area contributed by atoms with E-state index < -0.39 is 10.0 Å². The monoisotopic (exact) mass is 514 g/mol. The lowest BCUT2D eigenvalue weighted by Gasteiger charge is -2.36. The second-order valence-electron chi connectivity index (χ2n) is 7.88. The average Bonchev–Trinajstić information content (AvgIpc) is 2.81. The van der Waals surface area contributed by atoms with Crippen molar-refractivity contribution in [2.24, 2.45) is 0 Å². The van der Waals surface area contributed by atoms with Crippen LogP contribution in [0, 0.1) is 6.92 Å². The van der Waals surface area contributed by atoms with E-state index in [0.29, 0.717) is 31.1 Å². The number of halogens is 1. The summed E-state index contributed by atoms with van der Waals surface area (Å²) in [6.45, 7) is 6.07. The van der Waals surface area contributed by atoms with Crippen molar-refractivity contribution in [1.29, 1.82) is 0 Å². The van der Waals surface area contributed by atoms with Crippen molar-refractivity contribution >= 4 is 31.8 Å². The zero-order valence-electron chi connectivity index (χ0n) is 18.3. The molecule has 1 saturated heterocycles. The molecule has 0 unspecified atom stereocenters. The van der Waals surface area contributed by atoms with Crippen LogP contribution in [-0.4, -0.2) is 48.9 Å². The van der Waals surface area contributed by atoms with Gasteiger partial charge in [0.1, 0.15) is 11.6 Å². The number of piperazine rings is 1. The van der Waals surface area contributed by atoms with E-state index in [9.17, 15) is 8.42 Å². The van der Waals surface area contributed by atoms with Crippen LogP contribution in [0.5, 0.6) is 0 Å². The number of sulfonamides is 1. The Morgan fingerprint density at radius 3 is 2.22 bits per heavy atom. The Morgan fingerprint density at radius 1 is 0.938 bits per heavy atom. The fourth-order valence-electron chi connectivity index (χ4n) is 4.07. The van der Waals surface area contributed by atoms with Crippen LogP contribution in [0.15, 0.2) is 64.0 Å². The first-order valence-electron chi connectivity index (χ1n) is 10.8. The quantitative estimate of drug-likeness (QED) is 0.492. The van der Waals surface area contributed by atoms with Crippen LogP contribution in [0.4, 0.5) is 5.82 Å². The predicted molar refractivity (Wildman–Crippen MR) is 131 cm³/mol. The summed E-state index contributed by atoms with van der Waals surface area (Å²) in [4.78, 5) is 12.0. The minimum atomic E-state index is -3.51. The molecule has 3 aromatic rings. The van der Waals surface area contributed by atoms with Gasteiger partial charge in [0.05, 0.1) is 4.90 Å². The first-order valence-corrected chi connectivity index (χ1v) is 13.0. The maximum absolute atomic E-state index is 13.1. The molecule has 168 valence electrons. The Balaban J connectivity index is 1.58. The number of anilines is 1. The Bertz CT molecular complexity index is 1180. The summed E-state index contributed by atoms with van der Waals surface area (Å²) in [6.07, 6.45) is 1.59. The first-order chi connectivity index (χ1) is 15.4. The molecule has 0 spiro atoms. The SMILES string of the molecule is CCc1nc(C)nc(N2CCN(S(=O)(=O)c3ccc(Br)cc3)CC2)c1Cc1ccccc1. The van der Waals surface area contributed by atoms with Gasteiger partial charge in [-0.2, -0.15) is 4.31 Å². The predicted octanol–water partition coefficient (Wildman–Crippen LogP) is 4.21. The highest BCUT2D eigenvalue weighted by Gasteiger charge is 2.30. The molecular formula is C24H27BrN4O2S. The third kappa shape index (κ3) is 4.87. The van der Waals surface area contributed by atoms with Crippen LogP contribution in [0.3, 0.4) is 0 Å². The molecule has 1 aromatic heterocycles. The molecule has 0 aliphatic carbocycles.